The van der Waals surface area contributed by atoms with E-state index in [1.807, 2.05) is 25.1 Å². The molecule has 0 aromatic heterocycles. The molecule has 2 aromatic carbocycles. The van der Waals surface area contributed by atoms with Gasteiger partial charge in [0.05, 0.1) is 10.9 Å². The zero-order valence-corrected chi connectivity index (χ0v) is 14.0. The number of benzene rings is 3. The number of carboxylic acids is 1. The lowest BCUT2D eigenvalue weighted by Gasteiger charge is -2.17. The van der Waals surface area contributed by atoms with Crippen LogP contribution in [-0.4, -0.2) is 11.1 Å². The average molecular weight is 344 g/mol. The van der Waals surface area contributed by atoms with E-state index in [1.165, 1.54) is 0 Å². The molecule has 0 fully saturated rings. The van der Waals surface area contributed by atoms with Gasteiger partial charge in [0.15, 0.2) is 0 Å². The van der Waals surface area contributed by atoms with Crippen LogP contribution in [0, 0.1) is 12.3 Å². The minimum Gasteiger partial charge on any atom is -0.478 e. The number of hydrogen-bond acceptors (Lipinski definition) is 4. The molecule has 1 aliphatic carbocycles. The highest BCUT2D eigenvalue weighted by Gasteiger charge is 2.21. The standard InChI is InChI=1S/C21H16N2O3/c1-11-2-5-14(17(8-11)21(24)25)20-15-6-3-12(22)9-18(15)26-19-10-13(23)4-7-16(19)20/h2-10,22H,23H2,1H3,(H,24,25). The first-order chi connectivity index (χ1) is 12.4. The summed E-state index contributed by atoms with van der Waals surface area (Å²) in [6.07, 6.45) is 0. The van der Waals surface area contributed by atoms with Crippen molar-refractivity contribution in [1.29, 1.82) is 5.41 Å². The van der Waals surface area contributed by atoms with Crippen LogP contribution >= 0.6 is 0 Å². The molecule has 5 nitrogen and oxygen atoms in total. The summed E-state index contributed by atoms with van der Waals surface area (Å²) in [7, 11) is 0. The fraction of sp³-hybridized carbons (Fsp3) is 0.0476. The second kappa shape index (κ2) is 5.74. The van der Waals surface area contributed by atoms with Crippen molar-refractivity contribution in [3.63, 3.8) is 0 Å². The van der Waals surface area contributed by atoms with Gasteiger partial charge >= 0.3 is 5.97 Å². The molecule has 128 valence electrons. The van der Waals surface area contributed by atoms with E-state index >= 15 is 0 Å². The maximum absolute atomic E-state index is 11.9. The summed E-state index contributed by atoms with van der Waals surface area (Å²) in [5, 5.41) is 18.7. The number of aryl methyl sites for hydroxylation is 1. The van der Waals surface area contributed by atoms with Gasteiger partial charge in [-0.15, -0.1) is 0 Å². The Hall–Kier alpha value is -3.60. The Bertz CT molecular complexity index is 1210. The Balaban J connectivity index is 2.21. The second-order valence-electron chi connectivity index (χ2n) is 6.30. The molecule has 2 aromatic rings. The summed E-state index contributed by atoms with van der Waals surface area (Å²) in [5.41, 5.74) is 10.2. The van der Waals surface area contributed by atoms with Crippen LogP contribution in [0.15, 0.2) is 59.0 Å². The van der Waals surface area contributed by atoms with Crippen molar-refractivity contribution < 1.29 is 14.3 Å². The number of carbonyl (C=O) groups is 1. The van der Waals surface area contributed by atoms with Crippen LogP contribution < -0.4 is 11.1 Å². The number of rotatable bonds is 2. The van der Waals surface area contributed by atoms with E-state index in [4.69, 9.17) is 15.6 Å². The van der Waals surface area contributed by atoms with E-state index in [0.717, 1.165) is 22.1 Å². The zero-order valence-electron chi connectivity index (χ0n) is 14.0. The molecular weight excluding hydrogens is 328 g/mol. The molecule has 0 radical (unpaired) electrons. The number of fused-ring (bicyclic) bond motifs is 2. The third-order valence-electron chi connectivity index (χ3n) is 4.42. The lowest BCUT2D eigenvalue weighted by Crippen LogP contribution is -2.04. The van der Waals surface area contributed by atoms with E-state index in [1.54, 1.807) is 36.4 Å². The normalized spacial score (nSPS) is 11.1. The summed E-state index contributed by atoms with van der Waals surface area (Å²) >= 11 is 0. The van der Waals surface area contributed by atoms with Crippen LogP contribution in [0.1, 0.15) is 15.9 Å². The number of nitrogens with one attached hydrogen (secondary N) is 1. The molecule has 2 aliphatic rings. The second-order valence-corrected chi connectivity index (χ2v) is 6.30. The molecule has 1 aliphatic heterocycles. The Labute approximate surface area is 149 Å². The molecule has 26 heavy (non-hydrogen) atoms. The van der Waals surface area contributed by atoms with Crippen LogP contribution in [0.2, 0.25) is 0 Å². The Morgan fingerprint density at radius 2 is 1.81 bits per heavy atom. The van der Waals surface area contributed by atoms with Gasteiger partial charge in [-0.3, -0.25) is 0 Å². The van der Waals surface area contributed by atoms with E-state index in [2.05, 4.69) is 0 Å². The van der Waals surface area contributed by atoms with Crippen molar-refractivity contribution in [2.75, 3.05) is 5.73 Å². The highest BCUT2D eigenvalue weighted by atomic mass is 16.4. The van der Waals surface area contributed by atoms with Gasteiger partial charge in [0.25, 0.3) is 0 Å². The smallest absolute Gasteiger partial charge is 0.336 e. The predicted octanol–water partition coefficient (Wildman–Crippen LogP) is 4.27. The Kier molecular flexibility index (Phi) is 3.51. The Morgan fingerprint density at radius 1 is 1.04 bits per heavy atom. The van der Waals surface area contributed by atoms with E-state index in [-0.39, 0.29) is 5.56 Å². The number of carboxylic acid groups (broad SMARTS) is 1. The predicted molar refractivity (Wildman–Crippen MR) is 100 cm³/mol. The first kappa shape index (κ1) is 15.9. The molecule has 1 heterocycles. The topological polar surface area (TPSA) is 100 Å². The van der Waals surface area contributed by atoms with Gasteiger partial charge < -0.3 is 20.7 Å². The molecule has 0 bridgehead atoms. The molecule has 0 amide bonds. The van der Waals surface area contributed by atoms with Crippen molar-refractivity contribution in [3.8, 4) is 22.5 Å². The van der Waals surface area contributed by atoms with Gasteiger partial charge in [-0.2, -0.15) is 0 Å². The summed E-state index contributed by atoms with van der Waals surface area (Å²) in [6.45, 7) is 1.86. The maximum atomic E-state index is 11.9. The van der Waals surface area contributed by atoms with Crippen molar-refractivity contribution in [2.45, 2.75) is 6.92 Å². The SMILES string of the molecule is Cc1ccc(-c2c3ccc(=N)cc-3oc3cc(N)ccc23)c(C(=O)O)c1. The monoisotopic (exact) mass is 344 g/mol. The van der Waals surface area contributed by atoms with Crippen molar-refractivity contribution in [2.24, 2.45) is 0 Å². The van der Waals surface area contributed by atoms with Gasteiger partial charge in [0.1, 0.15) is 11.3 Å². The fourth-order valence-electron chi connectivity index (χ4n) is 3.25. The summed E-state index contributed by atoms with van der Waals surface area (Å²) in [4.78, 5) is 11.9. The molecular formula is C21H16N2O3. The van der Waals surface area contributed by atoms with Crippen LogP contribution in [0.4, 0.5) is 5.69 Å². The maximum Gasteiger partial charge on any atom is 0.336 e. The number of hydrogen-bond donors (Lipinski definition) is 3. The van der Waals surface area contributed by atoms with Crippen LogP contribution in [0.5, 0.6) is 0 Å². The number of nitrogens with two attached hydrogens (primary N) is 1. The lowest BCUT2D eigenvalue weighted by molar-refractivity contribution is 0.0697. The first-order valence-corrected chi connectivity index (χ1v) is 8.09. The average Bonchev–Trinajstić information content (AvgIpc) is 2.59. The molecule has 4 N–H and O–H groups in total. The molecule has 0 spiro atoms. The lowest BCUT2D eigenvalue weighted by atomic mass is 9.90. The molecule has 0 unspecified atom stereocenters. The minimum atomic E-state index is -0.988. The number of anilines is 1. The Morgan fingerprint density at radius 3 is 2.58 bits per heavy atom. The molecule has 4 rings (SSSR count). The van der Waals surface area contributed by atoms with Gasteiger partial charge in [0, 0.05) is 34.3 Å². The van der Waals surface area contributed by atoms with Gasteiger partial charge in [-0.1, -0.05) is 17.7 Å². The van der Waals surface area contributed by atoms with Gasteiger partial charge in [-0.25, -0.2) is 4.79 Å². The summed E-state index contributed by atoms with van der Waals surface area (Å²) in [6, 6.07) is 15.8. The molecule has 0 saturated carbocycles. The van der Waals surface area contributed by atoms with Crippen LogP contribution in [0.3, 0.4) is 0 Å². The molecule has 0 saturated heterocycles. The van der Waals surface area contributed by atoms with Crippen molar-refractivity contribution >= 4 is 22.6 Å². The fourth-order valence-corrected chi connectivity index (χ4v) is 3.25. The minimum absolute atomic E-state index is 0.227. The zero-order chi connectivity index (χ0) is 18.4. The van der Waals surface area contributed by atoms with Crippen LogP contribution in [-0.2, 0) is 0 Å². The largest absolute Gasteiger partial charge is 0.478 e. The number of nitrogen functional groups attached to an aromatic ring is 1. The molecule has 0 atom stereocenters. The van der Waals surface area contributed by atoms with Crippen LogP contribution in [0.25, 0.3) is 33.4 Å². The number of aromatic carboxylic acids is 1. The quantitative estimate of drug-likeness (QED) is 0.373. The van der Waals surface area contributed by atoms with E-state index < -0.39 is 5.97 Å². The summed E-state index contributed by atoms with van der Waals surface area (Å²) < 4.78 is 5.95. The van der Waals surface area contributed by atoms with Gasteiger partial charge in [-0.05, 0) is 42.8 Å². The first-order valence-electron chi connectivity index (χ1n) is 8.09. The van der Waals surface area contributed by atoms with E-state index in [9.17, 15) is 9.90 Å². The third-order valence-corrected chi connectivity index (χ3v) is 4.42. The van der Waals surface area contributed by atoms with Crippen molar-refractivity contribution in [1.82, 2.24) is 0 Å². The third kappa shape index (κ3) is 2.50. The highest BCUT2D eigenvalue weighted by molar-refractivity contribution is 6.07. The highest BCUT2D eigenvalue weighted by Crippen LogP contribution is 2.41. The van der Waals surface area contributed by atoms with Crippen molar-refractivity contribution in [3.05, 3.63) is 71.1 Å². The molecule has 5 heteroatoms. The van der Waals surface area contributed by atoms with E-state index in [0.29, 0.717) is 28.0 Å². The summed E-state index contributed by atoms with van der Waals surface area (Å²) in [5.74, 6) is -0.471. The van der Waals surface area contributed by atoms with Gasteiger partial charge in [0.2, 0.25) is 0 Å².